The Labute approximate surface area is 136 Å². The first kappa shape index (κ1) is 17.2. The molecule has 6 heteroatoms. The molecule has 23 heavy (non-hydrogen) atoms. The summed E-state index contributed by atoms with van der Waals surface area (Å²) in [7, 11) is 0. The van der Waals surface area contributed by atoms with E-state index in [0.717, 1.165) is 12.0 Å². The molecule has 126 valence electrons. The summed E-state index contributed by atoms with van der Waals surface area (Å²) in [6.07, 6.45) is 1.47. The molecular weight excluding hydrogens is 297 g/mol. The average Bonchev–Trinajstić information content (AvgIpc) is 3.01. The van der Waals surface area contributed by atoms with Gasteiger partial charge in [-0.15, -0.1) is 0 Å². The Balaban J connectivity index is 2.11. The van der Waals surface area contributed by atoms with Crippen LogP contribution in [0.5, 0.6) is 0 Å². The number of hydrogen-bond acceptors (Lipinski definition) is 2. The summed E-state index contributed by atoms with van der Waals surface area (Å²) in [5.41, 5.74) is 1.22. The molecule has 0 saturated carbocycles. The van der Waals surface area contributed by atoms with E-state index in [4.69, 9.17) is 0 Å². The predicted molar refractivity (Wildman–Crippen MR) is 87.8 cm³/mol. The van der Waals surface area contributed by atoms with E-state index in [-0.39, 0.29) is 11.9 Å². The standard InChI is InChI=1S/C17H24FN3O2/c1-4-20(5-2)16(22)15-7-6-10-21(15)17(23)19-14-11-13(18)9-8-12(14)3/h8-9,11,15H,4-7,10H2,1-3H3,(H,19,23)/t15-/m0/s1. The van der Waals surface area contributed by atoms with Crippen molar-refractivity contribution in [3.63, 3.8) is 0 Å². The normalized spacial score (nSPS) is 17.2. The van der Waals surface area contributed by atoms with E-state index in [1.54, 1.807) is 22.8 Å². The summed E-state index contributed by atoms with van der Waals surface area (Å²) < 4.78 is 13.4. The van der Waals surface area contributed by atoms with Gasteiger partial charge < -0.3 is 15.1 Å². The van der Waals surface area contributed by atoms with Gasteiger partial charge in [0.05, 0.1) is 0 Å². The van der Waals surface area contributed by atoms with Gasteiger partial charge in [-0.1, -0.05) is 6.07 Å². The van der Waals surface area contributed by atoms with Gasteiger partial charge in [-0.25, -0.2) is 9.18 Å². The van der Waals surface area contributed by atoms with Gasteiger partial charge in [0.2, 0.25) is 5.91 Å². The van der Waals surface area contributed by atoms with Gasteiger partial charge in [-0.3, -0.25) is 4.79 Å². The number of likely N-dealkylation sites (tertiary alicyclic amines) is 1. The minimum Gasteiger partial charge on any atom is -0.341 e. The van der Waals surface area contributed by atoms with E-state index < -0.39 is 11.9 Å². The molecule has 1 N–H and O–H groups in total. The van der Waals surface area contributed by atoms with E-state index in [1.165, 1.54) is 12.1 Å². The lowest BCUT2D eigenvalue weighted by Crippen LogP contribution is -2.49. The number of urea groups is 1. The molecule has 0 bridgehead atoms. The van der Waals surface area contributed by atoms with E-state index in [1.807, 2.05) is 13.8 Å². The molecule has 1 aromatic rings. The average molecular weight is 321 g/mol. The number of nitrogens with one attached hydrogen (secondary N) is 1. The molecule has 5 nitrogen and oxygen atoms in total. The Morgan fingerprint density at radius 3 is 2.70 bits per heavy atom. The largest absolute Gasteiger partial charge is 0.341 e. The second-order valence-electron chi connectivity index (χ2n) is 5.75. The molecule has 0 unspecified atom stereocenters. The number of amides is 3. The maximum Gasteiger partial charge on any atom is 0.322 e. The zero-order valence-corrected chi connectivity index (χ0v) is 13.9. The molecular formula is C17H24FN3O2. The van der Waals surface area contributed by atoms with Crippen molar-refractivity contribution in [3.8, 4) is 0 Å². The minimum absolute atomic E-state index is 0.0152. The molecule has 1 heterocycles. The van der Waals surface area contributed by atoms with Crippen molar-refractivity contribution in [3.05, 3.63) is 29.6 Å². The van der Waals surface area contributed by atoms with Crippen molar-refractivity contribution in [2.45, 2.75) is 39.7 Å². The van der Waals surface area contributed by atoms with Gasteiger partial charge in [0.15, 0.2) is 0 Å². The summed E-state index contributed by atoms with van der Waals surface area (Å²) in [4.78, 5) is 28.4. The summed E-state index contributed by atoms with van der Waals surface area (Å²) in [6.45, 7) is 7.46. The van der Waals surface area contributed by atoms with Gasteiger partial charge in [0, 0.05) is 25.3 Å². The maximum absolute atomic E-state index is 13.4. The summed E-state index contributed by atoms with van der Waals surface area (Å²) in [5.74, 6) is -0.415. The second-order valence-corrected chi connectivity index (χ2v) is 5.75. The molecule has 0 radical (unpaired) electrons. The number of rotatable bonds is 4. The number of benzene rings is 1. The lowest BCUT2D eigenvalue weighted by Gasteiger charge is -2.29. The van der Waals surface area contributed by atoms with Gasteiger partial charge in [0.1, 0.15) is 11.9 Å². The van der Waals surface area contributed by atoms with Crippen LogP contribution in [0.3, 0.4) is 0 Å². The van der Waals surface area contributed by atoms with E-state index in [9.17, 15) is 14.0 Å². The monoisotopic (exact) mass is 321 g/mol. The highest BCUT2D eigenvalue weighted by molar-refractivity contribution is 5.94. The summed E-state index contributed by atoms with van der Waals surface area (Å²) in [6, 6.07) is 3.50. The van der Waals surface area contributed by atoms with Crippen LogP contribution in [-0.2, 0) is 4.79 Å². The van der Waals surface area contributed by atoms with Crippen molar-refractivity contribution in [1.29, 1.82) is 0 Å². The predicted octanol–water partition coefficient (Wildman–Crippen LogP) is 3.00. The highest BCUT2D eigenvalue weighted by Gasteiger charge is 2.36. The Bertz CT molecular complexity index is 587. The van der Waals surface area contributed by atoms with Crippen molar-refractivity contribution in [2.24, 2.45) is 0 Å². The van der Waals surface area contributed by atoms with Crippen LogP contribution in [0, 0.1) is 12.7 Å². The van der Waals surface area contributed by atoms with Crippen LogP contribution in [0.4, 0.5) is 14.9 Å². The van der Waals surface area contributed by atoms with Gasteiger partial charge in [-0.2, -0.15) is 0 Å². The van der Waals surface area contributed by atoms with Crippen LogP contribution in [0.1, 0.15) is 32.3 Å². The van der Waals surface area contributed by atoms with Crippen LogP contribution in [-0.4, -0.2) is 47.4 Å². The molecule has 0 aliphatic carbocycles. The minimum atomic E-state index is -0.427. The molecule has 0 aromatic heterocycles. The topological polar surface area (TPSA) is 52.7 Å². The quantitative estimate of drug-likeness (QED) is 0.927. The molecule has 3 amide bonds. The van der Waals surface area contributed by atoms with Crippen LogP contribution in [0.25, 0.3) is 0 Å². The second kappa shape index (κ2) is 7.44. The number of likely N-dealkylation sites (N-methyl/N-ethyl adjacent to an activating group) is 1. The SMILES string of the molecule is CCN(CC)C(=O)[C@@H]1CCCN1C(=O)Nc1cc(F)ccc1C. The van der Waals surface area contributed by atoms with Crippen molar-refractivity contribution in [1.82, 2.24) is 9.80 Å². The first-order chi connectivity index (χ1) is 11.0. The highest BCUT2D eigenvalue weighted by Crippen LogP contribution is 2.22. The zero-order valence-electron chi connectivity index (χ0n) is 13.9. The molecule has 1 fully saturated rings. The third-order valence-electron chi connectivity index (χ3n) is 4.32. The van der Waals surface area contributed by atoms with E-state index in [0.29, 0.717) is 31.7 Å². The van der Waals surface area contributed by atoms with E-state index in [2.05, 4.69) is 5.32 Å². The maximum atomic E-state index is 13.4. The van der Waals surface area contributed by atoms with Crippen molar-refractivity contribution in [2.75, 3.05) is 25.0 Å². The smallest absolute Gasteiger partial charge is 0.322 e. The Morgan fingerprint density at radius 1 is 1.35 bits per heavy atom. The fourth-order valence-electron chi connectivity index (χ4n) is 2.93. The molecule has 1 saturated heterocycles. The van der Waals surface area contributed by atoms with Gasteiger partial charge in [0.25, 0.3) is 0 Å². The molecule has 1 aliphatic rings. The van der Waals surface area contributed by atoms with Crippen LogP contribution < -0.4 is 5.32 Å². The number of halogens is 1. The third-order valence-corrected chi connectivity index (χ3v) is 4.32. The Hall–Kier alpha value is -2.11. The van der Waals surface area contributed by atoms with Crippen LogP contribution in [0.15, 0.2) is 18.2 Å². The zero-order chi connectivity index (χ0) is 17.0. The summed E-state index contributed by atoms with van der Waals surface area (Å²) in [5, 5.41) is 2.73. The van der Waals surface area contributed by atoms with Gasteiger partial charge in [-0.05, 0) is 51.3 Å². The number of anilines is 1. The molecule has 2 rings (SSSR count). The number of aryl methyl sites for hydroxylation is 1. The molecule has 0 spiro atoms. The lowest BCUT2D eigenvalue weighted by molar-refractivity contribution is -0.134. The molecule has 1 aromatic carbocycles. The first-order valence-electron chi connectivity index (χ1n) is 8.10. The molecule has 1 aliphatic heterocycles. The number of carbonyl (C=O) groups is 2. The van der Waals surface area contributed by atoms with Crippen LogP contribution in [0.2, 0.25) is 0 Å². The molecule has 1 atom stereocenters. The Kier molecular flexibility index (Phi) is 5.58. The third kappa shape index (κ3) is 3.81. The Morgan fingerprint density at radius 2 is 2.04 bits per heavy atom. The first-order valence-corrected chi connectivity index (χ1v) is 8.10. The highest BCUT2D eigenvalue weighted by atomic mass is 19.1. The summed E-state index contributed by atoms with van der Waals surface area (Å²) >= 11 is 0. The van der Waals surface area contributed by atoms with Crippen molar-refractivity contribution < 1.29 is 14.0 Å². The van der Waals surface area contributed by atoms with Crippen LogP contribution >= 0.6 is 0 Å². The fraction of sp³-hybridized carbons (Fsp3) is 0.529. The van der Waals surface area contributed by atoms with Gasteiger partial charge >= 0.3 is 6.03 Å². The fourth-order valence-corrected chi connectivity index (χ4v) is 2.93. The number of carbonyl (C=O) groups excluding carboxylic acids is 2. The van der Waals surface area contributed by atoms with Crippen molar-refractivity contribution >= 4 is 17.6 Å². The number of nitrogens with zero attached hydrogens (tertiary/aromatic N) is 2. The lowest BCUT2D eigenvalue weighted by atomic mass is 10.2. The number of hydrogen-bond donors (Lipinski definition) is 1. The van der Waals surface area contributed by atoms with E-state index >= 15 is 0 Å².